The number of aliphatic hydroxyl groups excluding tert-OH is 7. The van der Waals surface area contributed by atoms with Gasteiger partial charge < -0.3 is 69.6 Å². The second kappa shape index (κ2) is 13.0. The largest absolute Gasteiger partial charge is 0.394 e. The minimum absolute atomic E-state index is 0.00376. The Morgan fingerprint density at radius 3 is 2.11 bits per heavy atom. The van der Waals surface area contributed by atoms with E-state index in [1.54, 1.807) is 13.8 Å². The third kappa shape index (κ3) is 5.56. The molecule has 8 fully saturated rings. The van der Waals surface area contributed by atoms with E-state index in [1.165, 1.54) is 0 Å². The van der Waals surface area contributed by atoms with E-state index in [0.717, 1.165) is 38.5 Å². The van der Waals surface area contributed by atoms with E-state index in [1.807, 2.05) is 0 Å². The molecule has 14 nitrogen and oxygen atoms in total. The lowest BCUT2D eigenvalue weighted by atomic mass is 9.41. The van der Waals surface area contributed by atoms with E-state index in [2.05, 4.69) is 34.6 Å². The highest BCUT2D eigenvalue weighted by Crippen LogP contribution is 2.89. The summed E-state index contributed by atoms with van der Waals surface area (Å²) in [6.45, 7) is 12.8. The Labute approximate surface area is 324 Å². The average Bonchev–Trinajstić information content (AvgIpc) is 3.25. The van der Waals surface area contributed by atoms with Crippen LogP contribution >= 0.6 is 0 Å². The summed E-state index contributed by atoms with van der Waals surface area (Å²) in [5.74, 6) is -0.0277. The molecule has 3 saturated heterocycles. The van der Waals surface area contributed by atoms with E-state index in [9.17, 15) is 46.0 Å². The average molecular weight is 785 g/mol. The smallest absolute Gasteiger partial charge is 0.187 e. The van der Waals surface area contributed by atoms with Crippen LogP contribution in [0, 0.1) is 44.8 Å². The zero-order valence-corrected chi connectivity index (χ0v) is 33.6. The molecule has 316 valence electrons. The molecule has 0 radical (unpaired) electrons. The van der Waals surface area contributed by atoms with Crippen molar-refractivity contribution in [2.24, 2.45) is 44.8 Å². The summed E-state index contributed by atoms with van der Waals surface area (Å²) < 4.78 is 30.9. The number of hydrogen-bond acceptors (Lipinski definition) is 14. The van der Waals surface area contributed by atoms with E-state index < -0.39 is 103 Å². The van der Waals surface area contributed by atoms with Crippen LogP contribution in [0.4, 0.5) is 0 Å². The predicted molar refractivity (Wildman–Crippen MR) is 194 cm³/mol. The standard InChI is InChI=1S/C41H68O14/c1-34(2)24(53-32-28(27(47)26(46)22(16-42)52-32)54-33-31(48)41(50,18-43)19-51-33)9-11-40-17-39(40)13-12-36(5)30(38(7)10-8-25(55-38)35(3,4)49)21(45)15-37(36,6)23(39)14-20(44)29(34)40/h20-33,42-50H,8-19H2,1-7H3/t20-,21-,22+,23-,24-,25-,26+,27-,28+,29-,30-,31-,32-,33-,36+,37-,38+,39-,40+,41+/m0/s1. The predicted octanol–water partition coefficient (Wildman–Crippen LogP) is 0.726. The molecule has 5 saturated carbocycles. The third-order valence-corrected chi connectivity index (χ3v) is 17.7. The van der Waals surface area contributed by atoms with Crippen molar-refractivity contribution < 1.29 is 69.6 Å². The molecule has 0 aromatic rings. The van der Waals surface area contributed by atoms with Crippen LogP contribution in [0.2, 0.25) is 0 Å². The van der Waals surface area contributed by atoms with Gasteiger partial charge in [-0.15, -0.1) is 0 Å². The molecule has 8 aliphatic rings. The van der Waals surface area contributed by atoms with E-state index >= 15 is 0 Å². The molecule has 3 heterocycles. The van der Waals surface area contributed by atoms with Crippen LogP contribution in [0.5, 0.6) is 0 Å². The highest BCUT2D eigenvalue weighted by molar-refractivity contribution is 5.33. The van der Waals surface area contributed by atoms with E-state index in [0.29, 0.717) is 19.3 Å². The summed E-state index contributed by atoms with van der Waals surface area (Å²) in [6, 6.07) is 0. The summed E-state index contributed by atoms with van der Waals surface area (Å²) in [5.41, 5.74) is -4.71. The molecule has 5 aliphatic carbocycles. The zero-order valence-electron chi connectivity index (χ0n) is 33.6. The molecular weight excluding hydrogens is 716 g/mol. The summed E-state index contributed by atoms with van der Waals surface area (Å²) in [7, 11) is 0. The minimum Gasteiger partial charge on any atom is -0.394 e. The van der Waals surface area contributed by atoms with Gasteiger partial charge >= 0.3 is 0 Å². The van der Waals surface area contributed by atoms with Gasteiger partial charge in [-0.3, -0.25) is 0 Å². The first kappa shape index (κ1) is 41.2. The van der Waals surface area contributed by atoms with Gasteiger partial charge in [0.05, 0.1) is 55.4 Å². The van der Waals surface area contributed by atoms with Crippen molar-refractivity contribution in [3.63, 3.8) is 0 Å². The maximum atomic E-state index is 12.4. The van der Waals surface area contributed by atoms with Gasteiger partial charge in [0.15, 0.2) is 12.6 Å². The van der Waals surface area contributed by atoms with Gasteiger partial charge in [0.2, 0.25) is 0 Å². The fourth-order valence-corrected chi connectivity index (χ4v) is 14.9. The lowest BCUT2D eigenvalue weighted by molar-refractivity contribution is -0.355. The minimum atomic E-state index is -1.98. The van der Waals surface area contributed by atoms with Crippen LogP contribution in [0.25, 0.3) is 0 Å². The Bertz CT molecular complexity index is 1470. The molecule has 9 N–H and O–H groups in total. The first-order valence-electron chi connectivity index (χ1n) is 20.8. The normalized spacial score (nSPS) is 58.5. The molecular formula is C41H68O14. The van der Waals surface area contributed by atoms with Gasteiger partial charge in [-0.05, 0) is 117 Å². The monoisotopic (exact) mass is 784 g/mol. The number of fused-ring (bicyclic) bond motifs is 2. The van der Waals surface area contributed by atoms with Crippen molar-refractivity contribution >= 4 is 0 Å². The first-order chi connectivity index (χ1) is 25.5. The molecule has 0 amide bonds. The second-order valence-electron chi connectivity index (χ2n) is 21.2. The summed E-state index contributed by atoms with van der Waals surface area (Å²) in [5, 5.41) is 98.2. The third-order valence-electron chi connectivity index (χ3n) is 17.7. The highest BCUT2D eigenvalue weighted by atomic mass is 16.8. The quantitative estimate of drug-likeness (QED) is 0.155. The zero-order chi connectivity index (χ0) is 40.1. The topological polar surface area (TPSA) is 228 Å². The Kier molecular flexibility index (Phi) is 9.71. The Balaban J connectivity index is 1.04. The first-order valence-corrected chi connectivity index (χ1v) is 20.8. The molecule has 8 rings (SSSR count). The molecule has 20 atom stereocenters. The lowest BCUT2D eigenvalue weighted by Gasteiger charge is -2.65. The number of ether oxygens (including phenoxy) is 5. The number of rotatable bonds is 8. The molecule has 0 unspecified atom stereocenters. The van der Waals surface area contributed by atoms with Crippen molar-refractivity contribution in [3.8, 4) is 0 Å². The van der Waals surface area contributed by atoms with Gasteiger partial charge in [0.1, 0.15) is 36.1 Å². The van der Waals surface area contributed by atoms with Crippen LogP contribution in [0.15, 0.2) is 0 Å². The van der Waals surface area contributed by atoms with Crippen molar-refractivity contribution in [3.05, 3.63) is 0 Å². The number of aliphatic hydroxyl groups is 9. The van der Waals surface area contributed by atoms with Crippen LogP contribution < -0.4 is 0 Å². The maximum Gasteiger partial charge on any atom is 0.187 e. The van der Waals surface area contributed by atoms with Crippen molar-refractivity contribution in [1.82, 2.24) is 0 Å². The van der Waals surface area contributed by atoms with Crippen molar-refractivity contribution in [2.75, 3.05) is 19.8 Å². The number of hydrogen-bond donors (Lipinski definition) is 9. The van der Waals surface area contributed by atoms with Crippen molar-refractivity contribution in [2.45, 2.75) is 191 Å². The van der Waals surface area contributed by atoms with Gasteiger partial charge in [-0.25, -0.2) is 0 Å². The van der Waals surface area contributed by atoms with Crippen LogP contribution in [-0.4, -0.2) is 150 Å². The maximum absolute atomic E-state index is 12.4. The molecule has 0 aromatic heterocycles. The molecule has 55 heavy (non-hydrogen) atoms. The molecule has 0 bridgehead atoms. The Morgan fingerprint density at radius 2 is 1.49 bits per heavy atom. The molecule has 0 aromatic carbocycles. The fourth-order valence-electron chi connectivity index (χ4n) is 14.9. The van der Waals surface area contributed by atoms with Gasteiger partial charge in [0.25, 0.3) is 0 Å². The summed E-state index contributed by atoms with van der Waals surface area (Å²) in [6.07, 6.45) is -5.03. The SMILES string of the molecule is CC(C)(O)[C@@H]1CC[C@](C)([C@H]2[C@@H](O)C[C@@]3(C)[C@@H]4C[C@H](O)[C@H]5C(C)(C)[C@@H](O[C@@H]6O[C@H](CO)[C@@H](O)[C@H](O)[C@H]6O[C@@H]6OC[C@](O)(CO)[C@H]6O)CC[C@@]56C[C@@]46CC[C@]23C)O1. The Hall–Kier alpha value is -0.560. The Morgan fingerprint density at radius 1 is 0.782 bits per heavy atom. The van der Waals surface area contributed by atoms with E-state index in [-0.39, 0.29) is 45.5 Å². The summed E-state index contributed by atoms with van der Waals surface area (Å²) >= 11 is 0. The van der Waals surface area contributed by atoms with Crippen LogP contribution in [0.1, 0.15) is 106 Å². The van der Waals surface area contributed by atoms with Crippen molar-refractivity contribution in [1.29, 1.82) is 0 Å². The second-order valence-corrected chi connectivity index (χ2v) is 21.2. The van der Waals surface area contributed by atoms with Gasteiger partial charge in [-0.2, -0.15) is 0 Å². The highest BCUT2D eigenvalue weighted by Gasteiger charge is 2.85. The van der Waals surface area contributed by atoms with Crippen LogP contribution in [-0.2, 0) is 23.7 Å². The molecule has 14 heteroatoms. The van der Waals surface area contributed by atoms with Gasteiger partial charge in [-0.1, -0.05) is 27.7 Å². The fraction of sp³-hybridized carbons (Fsp3) is 1.00. The molecule has 3 aliphatic heterocycles. The summed E-state index contributed by atoms with van der Waals surface area (Å²) in [4.78, 5) is 0. The molecule has 2 spiro atoms. The van der Waals surface area contributed by atoms with Crippen LogP contribution in [0.3, 0.4) is 0 Å². The van der Waals surface area contributed by atoms with E-state index in [4.69, 9.17) is 23.7 Å². The lowest BCUT2D eigenvalue weighted by Crippen LogP contribution is -2.65. The van der Waals surface area contributed by atoms with Gasteiger partial charge in [0, 0.05) is 5.92 Å².